The number of nitrogens with one attached hydrogen (secondary N) is 1. The minimum atomic E-state index is -0.217. The van der Waals surface area contributed by atoms with Gasteiger partial charge in [0, 0.05) is 13.3 Å². The summed E-state index contributed by atoms with van der Waals surface area (Å²) < 4.78 is 0. The SMILES string of the molecule is CCCCCCCCCCCCCCCCCC1=NCC[NH+]1OC(C)=O. The summed E-state index contributed by atoms with van der Waals surface area (Å²) in [6.07, 6.45) is 21.7. The van der Waals surface area contributed by atoms with E-state index < -0.39 is 0 Å². The zero-order valence-electron chi connectivity index (χ0n) is 17.5. The fraction of sp³-hybridized carbons (Fsp3) is 0.909. The van der Waals surface area contributed by atoms with Crippen LogP contribution in [0.1, 0.15) is 117 Å². The van der Waals surface area contributed by atoms with Crippen LogP contribution in [0.2, 0.25) is 0 Å². The molecule has 0 saturated heterocycles. The average Bonchev–Trinajstić information content (AvgIpc) is 3.04. The van der Waals surface area contributed by atoms with Crippen molar-refractivity contribution >= 4 is 11.8 Å². The number of quaternary nitrogens is 1. The number of rotatable bonds is 17. The van der Waals surface area contributed by atoms with E-state index in [-0.39, 0.29) is 5.97 Å². The quantitative estimate of drug-likeness (QED) is 0.367. The molecule has 4 heteroatoms. The van der Waals surface area contributed by atoms with Crippen molar-refractivity contribution in [1.82, 2.24) is 0 Å². The molecule has 0 amide bonds. The summed E-state index contributed by atoms with van der Waals surface area (Å²) in [7, 11) is 0. The maximum Gasteiger partial charge on any atom is 0.364 e. The van der Waals surface area contributed by atoms with Gasteiger partial charge in [0.05, 0.1) is 6.54 Å². The van der Waals surface area contributed by atoms with Gasteiger partial charge < -0.3 is 0 Å². The molecule has 26 heavy (non-hydrogen) atoms. The Labute approximate surface area is 161 Å². The Kier molecular flexibility index (Phi) is 14.5. The van der Waals surface area contributed by atoms with E-state index >= 15 is 0 Å². The van der Waals surface area contributed by atoms with Gasteiger partial charge in [0.15, 0.2) is 0 Å². The fourth-order valence-electron chi connectivity index (χ4n) is 3.69. The van der Waals surface area contributed by atoms with E-state index in [9.17, 15) is 4.79 Å². The smallest absolute Gasteiger partial charge is 0.272 e. The van der Waals surface area contributed by atoms with Crippen molar-refractivity contribution in [3.63, 3.8) is 0 Å². The maximum atomic E-state index is 11.1. The summed E-state index contributed by atoms with van der Waals surface area (Å²) in [5.41, 5.74) is 0. The molecule has 1 unspecified atom stereocenters. The lowest BCUT2D eigenvalue weighted by Gasteiger charge is -2.11. The summed E-state index contributed by atoms with van der Waals surface area (Å²) in [5.74, 6) is 0.820. The minimum absolute atomic E-state index is 0.217. The Morgan fingerprint density at radius 2 is 1.31 bits per heavy atom. The van der Waals surface area contributed by atoms with Gasteiger partial charge in [0.2, 0.25) is 5.84 Å². The van der Waals surface area contributed by atoms with Gasteiger partial charge in [-0.2, -0.15) is 0 Å². The first-order valence-corrected chi connectivity index (χ1v) is 11.3. The van der Waals surface area contributed by atoms with E-state index in [2.05, 4.69) is 11.9 Å². The molecule has 0 radical (unpaired) electrons. The van der Waals surface area contributed by atoms with Crippen LogP contribution in [-0.2, 0) is 9.63 Å². The summed E-state index contributed by atoms with van der Waals surface area (Å²) in [5, 5.41) is 0.822. The number of hydrogen-bond donors (Lipinski definition) is 1. The number of hydrogen-bond acceptors (Lipinski definition) is 3. The molecule has 0 aromatic carbocycles. The number of carbonyl (C=O) groups is 1. The highest BCUT2D eigenvalue weighted by Gasteiger charge is 2.25. The number of hydroxylamine groups is 2. The Morgan fingerprint density at radius 3 is 1.77 bits per heavy atom. The standard InChI is InChI=1S/C22H42N2O2/c1-3-4-5-6-7-8-9-10-11-12-13-14-15-16-17-18-22-23-19-20-24(22)26-21(2)25/h3-20H2,1-2H3/p+1. The first kappa shape index (κ1) is 23.1. The highest BCUT2D eigenvalue weighted by Crippen LogP contribution is 2.13. The number of nitrogens with zero attached hydrogens (tertiary/aromatic N) is 1. The molecule has 1 rings (SSSR count). The molecule has 0 aromatic rings. The van der Waals surface area contributed by atoms with Crippen LogP contribution in [0.15, 0.2) is 4.99 Å². The Hall–Kier alpha value is -0.900. The van der Waals surface area contributed by atoms with Crippen LogP contribution >= 0.6 is 0 Å². The van der Waals surface area contributed by atoms with Gasteiger partial charge in [-0.3, -0.25) is 4.84 Å². The van der Waals surface area contributed by atoms with E-state index in [0.29, 0.717) is 0 Å². The van der Waals surface area contributed by atoms with E-state index in [0.717, 1.165) is 30.4 Å². The van der Waals surface area contributed by atoms with Crippen molar-refractivity contribution in [2.75, 3.05) is 13.1 Å². The minimum Gasteiger partial charge on any atom is -0.272 e. The highest BCUT2D eigenvalue weighted by molar-refractivity contribution is 5.75. The van der Waals surface area contributed by atoms with Crippen molar-refractivity contribution in [3.05, 3.63) is 0 Å². The zero-order chi connectivity index (χ0) is 18.9. The molecule has 0 fully saturated rings. The Morgan fingerprint density at radius 1 is 0.846 bits per heavy atom. The molecular weight excluding hydrogens is 324 g/mol. The van der Waals surface area contributed by atoms with Gasteiger partial charge in [-0.05, 0) is 6.42 Å². The van der Waals surface area contributed by atoms with Crippen LogP contribution < -0.4 is 5.06 Å². The molecule has 1 aliphatic rings. The van der Waals surface area contributed by atoms with Gasteiger partial charge in [-0.1, -0.05) is 102 Å². The molecule has 0 saturated carbocycles. The highest BCUT2D eigenvalue weighted by atomic mass is 16.7. The zero-order valence-corrected chi connectivity index (χ0v) is 17.5. The predicted octanol–water partition coefficient (Wildman–Crippen LogP) is 5.02. The van der Waals surface area contributed by atoms with Crippen LogP contribution in [-0.4, -0.2) is 24.9 Å². The molecule has 0 aromatic heterocycles. The van der Waals surface area contributed by atoms with Crippen LogP contribution in [0, 0.1) is 0 Å². The van der Waals surface area contributed by atoms with Gasteiger partial charge in [0.1, 0.15) is 6.54 Å². The number of amidine groups is 1. The second kappa shape index (κ2) is 16.3. The summed E-state index contributed by atoms with van der Waals surface area (Å²) in [4.78, 5) is 20.8. The molecule has 0 bridgehead atoms. The van der Waals surface area contributed by atoms with Crippen molar-refractivity contribution < 1.29 is 14.7 Å². The molecule has 4 nitrogen and oxygen atoms in total. The van der Waals surface area contributed by atoms with Crippen LogP contribution in [0.25, 0.3) is 0 Å². The van der Waals surface area contributed by atoms with Gasteiger partial charge in [0.25, 0.3) is 0 Å². The van der Waals surface area contributed by atoms with E-state index in [4.69, 9.17) is 4.84 Å². The van der Waals surface area contributed by atoms with Gasteiger partial charge in [-0.25, -0.2) is 9.79 Å². The van der Waals surface area contributed by atoms with E-state index in [1.165, 1.54) is 103 Å². The number of unbranched alkanes of at least 4 members (excludes halogenated alkanes) is 14. The van der Waals surface area contributed by atoms with E-state index in [1.54, 1.807) is 0 Å². The van der Waals surface area contributed by atoms with E-state index in [1.807, 2.05) is 0 Å². The molecule has 0 aliphatic carbocycles. The van der Waals surface area contributed by atoms with Gasteiger partial charge in [-0.15, -0.1) is 0 Å². The summed E-state index contributed by atoms with van der Waals surface area (Å²) >= 11 is 0. The largest absolute Gasteiger partial charge is 0.364 e. The second-order valence-electron chi connectivity index (χ2n) is 7.79. The Balaban J connectivity index is 1.80. The average molecular weight is 368 g/mol. The van der Waals surface area contributed by atoms with Crippen LogP contribution in [0.5, 0.6) is 0 Å². The third-order valence-corrected chi connectivity index (χ3v) is 5.25. The molecule has 1 N–H and O–H groups in total. The van der Waals surface area contributed by atoms with Crippen molar-refractivity contribution in [1.29, 1.82) is 0 Å². The van der Waals surface area contributed by atoms with Crippen molar-refractivity contribution in [3.8, 4) is 0 Å². The molecular formula is C22H43N2O2+. The maximum absolute atomic E-state index is 11.1. The molecule has 1 heterocycles. The third kappa shape index (κ3) is 12.5. The lowest BCUT2D eigenvalue weighted by atomic mass is 10.0. The van der Waals surface area contributed by atoms with Crippen LogP contribution in [0.4, 0.5) is 0 Å². The predicted molar refractivity (Wildman–Crippen MR) is 109 cm³/mol. The first-order valence-electron chi connectivity index (χ1n) is 11.3. The topological polar surface area (TPSA) is 43.1 Å². The summed E-state index contributed by atoms with van der Waals surface area (Å²) in [6, 6.07) is 0. The third-order valence-electron chi connectivity index (χ3n) is 5.25. The first-order chi connectivity index (χ1) is 12.7. The lowest BCUT2D eigenvalue weighted by Crippen LogP contribution is -3.12. The number of carbonyl (C=O) groups excluding carboxylic acids is 1. The number of aliphatic imine (C=N–C) groups is 1. The molecule has 0 spiro atoms. The monoisotopic (exact) mass is 367 g/mol. The Bertz CT molecular complexity index is 382. The summed E-state index contributed by atoms with van der Waals surface area (Å²) in [6.45, 7) is 5.34. The van der Waals surface area contributed by atoms with Crippen molar-refractivity contribution in [2.24, 2.45) is 4.99 Å². The molecule has 1 atom stereocenters. The molecule has 152 valence electrons. The second-order valence-corrected chi connectivity index (χ2v) is 7.79. The fourth-order valence-corrected chi connectivity index (χ4v) is 3.69. The normalized spacial score (nSPS) is 16.7. The van der Waals surface area contributed by atoms with Gasteiger partial charge >= 0.3 is 5.97 Å². The lowest BCUT2D eigenvalue weighted by molar-refractivity contribution is -0.993. The van der Waals surface area contributed by atoms with Crippen LogP contribution in [0.3, 0.4) is 0 Å². The van der Waals surface area contributed by atoms with Crippen molar-refractivity contribution in [2.45, 2.75) is 117 Å². The molecule has 1 aliphatic heterocycles.